The Morgan fingerprint density at radius 3 is 2.57 bits per heavy atom. The van der Waals surface area contributed by atoms with Gasteiger partial charge >= 0.3 is 0 Å². The Bertz CT molecular complexity index is 1150. The normalized spacial score (nSPS) is 16.1. The number of nitrogens with zero attached hydrogens (tertiary/aromatic N) is 2. The van der Waals surface area contributed by atoms with Crippen LogP contribution in [0.25, 0.3) is 0 Å². The number of amides is 2. The van der Waals surface area contributed by atoms with Gasteiger partial charge in [-0.3, -0.25) is 24.3 Å². The van der Waals surface area contributed by atoms with Crippen LogP contribution in [-0.4, -0.2) is 27.7 Å². The molecule has 3 aromatic rings. The van der Waals surface area contributed by atoms with Crippen LogP contribution in [0.1, 0.15) is 29.1 Å². The van der Waals surface area contributed by atoms with Gasteiger partial charge in [-0.25, -0.2) is 0 Å². The van der Waals surface area contributed by atoms with E-state index < -0.39 is 23.5 Å². The molecule has 4 rings (SSSR count). The minimum Gasteiger partial charge on any atom is -0.503 e. The lowest BCUT2D eigenvalue weighted by molar-refractivity contribution is -0.117. The fourth-order valence-corrected chi connectivity index (χ4v) is 3.44. The molecule has 2 aromatic heterocycles. The van der Waals surface area contributed by atoms with E-state index in [1.54, 1.807) is 42.5 Å². The van der Waals surface area contributed by atoms with E-state index in [0.717, 1.165) is 0 Å². The van der Waals surface area contributed by atoms with Gasteiger partial charge in [-0.15, -0.1) is 0 Å². The van der Waals surface area contributed by atoms with Crippen molar-refractivity contribution in [2.45, 2.75) is 13.0 Å². The molecule has 150 valence electrons. The van der Waals surface area contributed by atoms with Gasteiger partial charge < -0.3 is 14.8 Å². The van der Waals surface area contributed by atoms with Crippen molar-refractivity contribution in [3.63, 3.8) is 0 Å². The number of carbonyl (C=O) groups excluding carboxylic acids is 3. The predicted molar refractivity (Wildman–Crippen MR) is 108 cm³/mol. The standard InChI is InChI=1S/C22H17N3O5/c1-13(26)24-15-4-2-5-16(12-15)25-19(14-7-9-23-10-8-14)18(21(28)22(25)29)20(27)17-6-3-11-30-17/h2-12,19,28H,1H3,(H,24,26). The number of aromatic nitrogens is 1. The SMILES string of the molecule is CC(=O)Nc1cccc(N2C(=O)C(O)=C(C(=O)c3ccco3)C2c2ccncc2)c1. The molecule has 0 saturated heterocycles. The van der Waals surface area contributed by atoms with Gasteiger partial charge in [0.2, 0.25) is 11.7 Å². The lowest BCUT2D eigenvalue weighted by Gasteiger charge is -2.27. The molecular formula is C22H17N3O5. The number of nitrogens with one attached hydrogen (secondary N) is 1. The number of hydrogen-bond acceptors (Lipinski definition) is 6. The molecule has 0 aliphatic carbocycles. The number of furan rings is 1. The number of pyridine rings is 1. The molecule has 30 heavy (non-hydrogen) atoms. The maximum Gasteiger partial charge on any atom is 0.294 e. The highest BCUT2D eigenvalue weighted by molar-refractivity contribution is 6.20. The van der Waals surface area contributed by atoms with Crippen LogP contribution in [0.15, 0.2) is 82.9 Å². The third-order valence-corrected chi connectivity index (χ3v) is 4.66. The first-order valence-corrected chi connectivity index (χ1v) is 9.10. The van der Waals surface area contributed by atoms with Crippen molar-refractivity contribution < 1.29 is 23.9 Å². The average Bonchev–Trinajstić information content (AvgIpc) is 3.36. The first-order valence-electron chi connectivity index (χ1n) is 9.10. The topological polar surface area (TPSA) is 113 Å². The summed E-state index contributed by atoms with van der Waals surface area (Å²) in [5, 5.41) is 13.3. The summed E-state index contributed by atoms with van der Waals surface area (Å²) in [5.41, 5.74) is 1.38. The number of ketones is 1. The van der Waals surface area contributed by atoms with Gasteiger partial charge in [-0.1, -0.05) is 6.07 Å². The molecule has 2 amide bonds. The summed E-state index contributed by atoms with van der Waals surface area (Å²) in [6, 6.07) is 12.1. The van der Waals surface area contributed by atoms with Crippen LogP contribution in [0.4, 0.5) is 11.4 Å². The third-order valence-electron chi connectivity index (χ3n) is 4.66. The van der Waals surface area contributed by atoms with E-state index in [9.17, 15) is 19.5 Å². The maximum atomic E-state index is 13.1. The molecule has 1 atom stereocenters. The van der Waals surface area contributed by atoms with Crippen molar-refractivity contribution in [2.75, 3.05) is 10.2 Å². The van der Waals surface area contributed by atoms with Crippen LogP contribution < -0.4 is 10.2 Å². The van der Waals surface area contributed by atoms with E-state index in [1.807, 2.05) is 0 Å². The quantitative estimate of drug-likeness (QED) is 0.631. The Balaban J connectivity index is 1.84. The van der Waals surface area contributed by atoms with Gasteiger partial charge in [0, 0.05) is 30.7 Å². The van der Waals surface area contributed by atoms with Gasteiger partial charge in [0.25, 0.3) is 5.91 Å². The highest BCUT2D eigenvalue weighted by Crippen LogP contribution is 2.42. The van der Waals surface area contributed by atoms with Crippen molar-refractivity contribution in [1.82, 2.24) is 4.98 Å². The fraction of sp³-hybridized carbons (Fsp3) is 0.0909. The van der Waals surface area contributed by atoms with Crippen LogP contribution in [0.5, 0.6) is 0 Å². The van der Waals surface area contributed by atoms with Gasteiger partial charge in [0.05, 0.1) is 17.9 Å². The van der Waals surface area contributed by atoms with Crippen LogP contribution in [0, 0.1) is 0 Å². The lowest BCUT2D eigenvalue weighted by Crippen LogP contribution is -2.31. The minimum atomic E-state index is -0.898. The monoisotopic (exact) mass is 403 g/mol. The smallest absolute Gasteiger partial charge is 0.294 e. The highest BCUT2D eigenvalue weighted by atomic mass is 16.3. The summed E-state index contributed by atoms with van der Waals surface area (Å²) in [4.78, 5) is 42.8. The van der Waals surface area contributed by atoms with Crippen LogP contribution >= 0.6 is 0 Å². The van der Waals surface area contributed by atoms with Gasteiger partial charge in [-0.2, -0.15) is 0 Å². The molecular weight excluding hydrogens is 386 g/mol. The lowest BCUT2D eigenvalue weighted by atomic mass is 9.95. The number of Topliss-reactive ketones (excluding diaryl/α,β-unsaturated/α-hetero) is 1. The molecule has 0 bridgehead atoms. The molecule has 8 nitrogen and oxygen atoms in total. The van der Waals surface area contributed by atoms with Gasteiger partial charge in [0.15, 0.2) is 11.5 Å². The Kier molecular flexibility index (Phi) is 4.89. The molecule has 1 aromatic carbocycles. The largest absolute Gasteiger partial charge is 0.503 e. The Morgan fingerprint density at radius 2 is 1.90 bits per heavy atom. The van der Waals surface area contributed by atoms with E-state index in [1.165, 1.54) is 36.5 Å². The van der Waals surface area contributed by atoms with Crippen molar-refractivity contribution in [3.8, 4) is 0 Å². The first kappa shape index (κ1) is 19.1. The second-order valence-electron chi connectivity index (χ2n) is 6.66. The van der Waals surface area contributed by atoms with Crippen LogP contribution in [0.3, 0.4) is 0 Å². The fourth-order valence-electron chi connectivity index (χ4n) is 3.44. The molecule has 3 heterocycles. The molecule has 1 aliphatic heterocycles. The summed E-state index contributed by atoms with van der Waals surface area (Å²) in [7, 11) is 0. The first-order chi connectivity index (χ1) is 14.5. The zero-order valence-corrected chi connectivity index (χ0v) is 15.9. The third kappa shape index (κ3) is 3.35. The van der Waals surface area contributed by atoms with Crippen LogP contribution in [-0.2, 0) is 9.59 Å². The number of hydrogen-bond donors (Lipinski definition) is 2. The number of rotatable bonds is 5. The number of aliphatic hydroxyl groups excluding tert-OH is 1. The van der Waals surface area contributed by atoms with E-state index in [0.29, 0.717) is 16.9 Å². The predicted octanol–water partition coefficient (Wildman–Crippen LogP) is 3.42. The summed E-state index contributed by atoms with van der Waals surface area (Å²) >= 11 is 0. The second kappa shape index (κ2) is 7.67. The average molecular weight is 403 g/mol. The van der Waals surface area contributed by atoms with Crippen LogP contribution in [0.2, 0.25) is 0 Å². The summed E-state index contributed by atoms with van der Waals surface area (Å²) < 4.78 is 5.19. The Hall–Kier alpha value is -4.20. The summed E-state index contributed by atoms with van der Waals surface area (Å²) in [6.07, 6.45) is 4.42. The number of carbonyl (C=O) groups is 3. The number of benzene rings is 1. The van der Waals surface area contributed by atoms with E-state index in [4.69, 9.17) is 4.42 Å². The van der Waals surface area contributed by atoms with Crippen molar-refractivity contribution in [1.29, 1.82) is 0 Å². The summed E-state index contributed by atoms with van der Waals surface area (Å²) in [6.45, 7) is 1.38. The van der Waals surface area contributed by atoms with Gasteiger partial charge in [0.1, 0.15) is 0 Å². The molecule has 2 N–H and O–H groups in total. The molecule has 8 heteroatoms. The number of anilines is 2. The molecule has 0 saturated carbocycles. The molecule has 0 radical (unpaired) electrons. The summed E-state index contributed by atoms with van der Waals surface area (Å²) in [5.74, 6) is -2.22. The maximum absolute atomic E-state index is 13.1. The second-order valence-corrected chi connectivity index (χ2v) is 6.66. The van der Waals surface area contributed by atoms with E-state index in [-0.39, 0.29) is 17.2 Å². The zero-order chi connectivity index (χ0) is 21.3. The molecule has 0 spiro atoms. The molecule has 1 aliphatic rings. The highest BCUT2D eigenvalue weighted by Gasteiger charge is 2.45. The minimum absolute atomic E-state index is 0.0113. The molecule has 1 unspecified atom stereocenters. The Labute approximate surface area is 171 Å². The van der Waals surface area contributed by atoms with Crippen molar-refractivity contribution in [2.24, 2.45) is 0 Å². The van der Waals surface area contributed by atoms with E-state index in [2.05, 4.69) is 10.3 Å². The van der Waals surface area contributed by atoms with Crippen molar-refractivity contribution >= 4 is 29.0 Å². The Morgan fingerprint density at radius 1 is 1.13 bits per heavy atom. The number of aliphatic hydroxyl groups is 1. The zero-order valence-electron chi connectivity index (χ0n) is 15.9. The van der Waals surface area contributed by atoms with Crippen molar-refractivity contribution in [3.05, 3.63) is 89.8 Å². The van der Waals surface area contributed by atoms with Gasteiger partial charge in [-0.05, 0) is 48.0 Å². The molecule has 0 fully saturated rings. The van der Waals surface area contributed by atoms with E-state index >= 15 is 0 Å².